The van der Waals surface area contributed by atoms with Crippen LogP contribution < -0.4 is 5.32 Å². The van der Waals surface area contributed by atoms with Gasteiger partial charge in [-0.2, -0.15) is 5.26 Å². The Morgan fingerprint density at radius 3 is 2.72 bits per heavy atom. The maximum atomic E-state index is 10.5. The number of hydrogen-bond acceptors (Lipinski definition) is 5. The van der Waals surface area contributed by atoms with E-state index in [4.69, 9.17) is 22.0 Å². The van der Waals surface area contributed by atoms with E-state index in [0.717, 1.165) is 6.20 Å². The Labute approximate surface area is 106 Å². The number of nitriles is 1. The minimum absolute atomic E-state index is 0.0905. The van der Waals surface area contributed by atoms with Crippen molar-refractivity contribution in [1.29, 1.82) is 5.26 Å². The molecule has 1 aromatic carbocycles. The summed E-state index contributed by atoms with van der Waals surface area (Å²) in [6.45, 7) is 0. The molecule has 0 heterocycles. The van der Waals surface area contributed by atoms with Gasteiger partial charge in [-0.15, -0.1) is 0 Å². The predicted octanol–water partition coefficient (Wildman–Crippen LogP) is 2.15. The summed E-state index contributed by atoms with van der Waals surface area (Å²) in [6.07, 6.45) is 0.972. The van der Waals surface area contributed by atoms with Gasteiger partial charge >= 0.3 is 5.97 Å². The summed E-state index contributed by atoms with van der Waals surface area (Å²) in [4.78, 5) is 20.4. The van der Waals surface area contributed by atoms with E-state index in [-0.39, 0.29) is 10.7 Å². The van der Waals surface area contributed by atoms with Crippen molar-refractivity contribution in [3.8, 4) is 6.07 Å². The van der Waals surface area contributed by atoms with Crippen molar-refractivity contribution in [2.45, 2.75) is 0 Å². The average molecular weight is 268 g/mol. The first kappa shape index (κ1) is 13.5. The van der Waals surface area contributed by atoms with E-state index in [0.29, 0.717) is 5.69 Å². The minimum atomic E-state index is -1.38. The smallest absolute Gasteiger partial charge is 0.347 e. The Kier molecular flexibility index (Phi) is 4.23. The Bertz CT molecular complexity index is 577. The molecule has 8 heteroatoms. The lowest BCUT2D eigenvalue weighted by Crippen LogP contribution is -2.01. The number of carbonyl (C=O) groups is 1. The molecule has 0 unspecified atom stereocenters. The third-order valence-corrected chi connectivity index (χ3v) is 2.18. The molecule has 0 aromatic heterocycles. The molecule has 92 valence electrons. The standard InChI is InChI=1S/C10H6ClN3O4/c11-8-3-7(1-2-9(8)14(17)18)13-5-6(4-12)10(15)16/h1-3,5,13H,(H,15,16). The lowest BCUT2D eigenvalue weighted by atomic mass is 10.2. The largest absolute Gasteiger partial charge is 0.477 e. The Morgan fingerprint density at radius 1 is 1.61 bits per heavy atom. The van der Waals surface area contributed by atoms with Gasteiger partial charge in [0.05, 0.1) is 4.92 Å². The number of aliphatic carboxylic acids is 1. The second-order valence-electron chi connectivity index (χ2n) is 3.04. The molecule has 7 nitrogen and oxygen atoms in total. The van der Waals surface area contributed by atoms with Gasteiger partial charge in [-0.25, -0.2) is 4.79 Å². The predicted molar refractivity (Wildman–Crippen MR) is 63.1 cm³/mol. The molecule has 0 amide bonds. The van der Waals surface area contributed by atoms with Crippen LogP contribution in [0.15, 0.2) is 30.0 Å². The highest BCUT2D eigenvalue weighted by Crippen LogP contribution is 2.27. The SMILES string of the molecule is N#CC(=CNc1ccc([N+](=O)[O-])c(Cl)c1)C(=O)O. The van der Waals surface area contributed by atoms with Gasteiger partial charge in [0.2, 0.25) is 0 Å². The van der Waals surface area contributed by atoms with Gasteiger partial charge in [-0.1, -0.05) is 11.6 Å². The number of nitrogens with one attached hydrogen (secondary N) is 1. The number of nitro groups is 1. The fraction of sp³-hybridized carbons (Fsp3) is 0. The molecule has 0 atom stereocenters. The van der Waals surface area contributed by atoms with Gasteiger partial charge in [0.1, 0.15) is 11.1 Å². The lowest BCUT2D eigenvalue weighted by Gasteiger charge is -2.02. The van der Waals surface area contributed by atoms with Crippen LogP contribution in [0.4, 0.5) is 11.4 Å². The monoisotopic (exact) mass is 267 g/mol. The number of carboxylic acid groups (broad SMARTS) is 1. The first-order chi connectivity index (χ1) is 8.45. The Balaban J connectivity index is 2.95. The van der Waals surface area contributed by atoms with E-state index in [1.807, 2.05) is 0 Å². The topological polar surface area (TPSA) is 116 Å². The van der Waals surface area contributed by atoms with Gasteiger partial charge in [0.15, 0.2) is 5.57 Å². The number of hydrogen-bond donors (Lipinski definition) is 2. The third-order valence-electron chi connectivity index (χ3n) is 1.88. The number of carboxylic acids is 1. The van der Waals surface area contributed by atoms with Crippen molar-refractivity contribution in [2.24, 2.45) is 0 Å². The maximum Gasteiger partial charge on any atom is 0.347 e. The molecule has 0 radical (unpaired) electrons. The number of nitrogens with zero attached hydrogens (tertiary/aromatic N) is 2. The summed E-state index contributed by atoms with van der Waals surface area (Å²) in [6, 6.07) is 5.25. The van der Waals surface area contributed by atoms with E-state index >= 15 is 0 Å². The second kappa shape index (κ2) is 5.65. The molecular formula is C10H6ClN3O4. The molecule has 0 aliphatic carbocycles. The van der Waals surface area contributed by atoms with Crippen LogP contribution in [0.3, 0.4) is 0 Å². The number of halogens is 1. The quantitative estimate of drug-likeness (QED) is 0.374. The summed E-state index contributed by atoms with van der Waals surface area (Å²) in [5.41, 5.74) is -0.422. The molecule has 1 aromatic rings. The van der Waals surface area contributed by atoms with Crippen LogP contribution in [0.2, 0.25) is 5.02 Å². The summed E-state index contributed by atoms with van der Waals surface area (Å²) in [5.74, 6) is -1.38. The number of anilines is 1. The zero-order valence-corrected chi connectivity index (χ0v) is 9.51. The van der Waals surface area contributed by atoms with Crippen LogP contribution in [-0.4, -0.2) is 16.0 Å². The van der Waals surface area contributed by atoms with E-state index in [2.05, 4.69) is 5.32 Å². The maximum absolute atomic E-state index is 10.5. The van der Waals surface area contributed by atoms with E-state index < -0.39 is 16.5 Å². The second-order valence-corrected chi connectivity index (χ2v) is 3.45. The Morgan fingerprint density at radius 2 is 2.28 bits per heavy atom. The van der Waals surface area contributed by atoms with Crippen molar-refractivity contribution in [3.05, 3.63) is 45.1 Å². The molecule has 0 aliphatic rings. The van der Waals surface area contributed by atoms with Crippen LogP contribution in [0.1, 0.15) is 0 Å². The first-order valence-electron chi connectivity index (χ1n) is 4.49. The molecule has 1 rings (SSSR count). The summed E-state index contributed by atoms with van der Waals surface area (Å²) in [5, 5.41) is 30.0. The fourth-order valence-corrected chi connectivity index (χ4v) is 1.29. The molecule has 0 fully saturated rings. The zero-order chi connectivity index (χ0) is 13.7. The molecule has 18 heavy (non-hydrogen) atoms. The third kappa shape index (κ3) is 3.20. The van der Waals surface area contributed by atoms with Crippen LogP contribution in [0.25, 0.3) is 0 Å². The summed E-state index contributed by atoms with van der Waals surface area (Å²) in [7, 11) is 0. The van der Waals surface area contributed by atoms with Crippen LogP contribution >= 0.6 is 11.6 Å². The van der Waals surface area contributed by atoms with E-state index in [1.165, 1.54) is 24.3 Å². The van der Waals surface area contributed by atoms with Gasteiger partial charge in [0, 0.05) is 18.0 Å². The van der Waals surface area contributed by atoms with E-state index in [9.17, 15) is 14.9 Å². The molecule has 2 N–H and O–H groups in total. The number of nitro benzene ring substituents is 1. The summed E-state index contributed by atoms with van der Waals surface area (Å²) >= 11 is 5.65. The van der Waals surface area contributed by atoms with Gasteiger partial charge in [-0.05, 0) is 12.1 Å². The first-order valence-corrected chi connectivity index (χ1v) is 4.87. The average Bonchev–Trinajstić information content (AvgIpc) is 2.28. The molecule has 0 aliphatic heterocycles. The van der Waals surface area contributed by atoms with Gasteiger partial charge in [0.25, 0.3) is 5.69 Å². The van der Waals surface area contributed by atoms with Crippen molar-refractivity contribution < 1.29 is 14.8 Å². The zero-order valence-electron chi connectivity index (χ0n) is 8.75. The highest BCUT2D eigenvalue weighted by Gasteiger charge is 2.12. The van der Waals surface area contributed by atoms with E-state index in [1.54, 1.807) is 0 Å². The lowest BCUT2D eigenvalue weighted by molar-refractivity contribution is -0.384. The normalized spacial score (nSPS) is 10.6. The van der Waals surface area contributed by atoms with Crippen LogP contribution in [0, 0.1) is 21.4 Å². The van der Waals surface area contributed by atoms with Crippen molar-refractivity contribution >= 4 is 28.9 Å². The van der Waals surface area contributed by atoms with Crippen molar-refractivity contribution in [1.82, 2.24) is 0 Å². The van der Waals surface area contributed by atoms with Crippen molar-refractivity contribution in [2.75, 3.05) is 5.32 Å². The highest BCUT2D eigenvalue weighted by molar-refractivity contribution is 6.32. The molecular weight excluding hydrogens is 262 g/mol. The molecule has 0 spiro atoms. The molecule has 0 bridgehead atoms. The molecule has 0 saturated heterocycles. The number of benzene rings is 1. The van der Waals surface area contributed by atoms with Gasteiger partial charge in [-0.3, -0.25) is 10.1 Å². The van der Waals surface area contributed by atoms with Crippen molar-refractivity contribution in [3.63, 3.8) is 0 Å². The fourth-order valence-electron chi connectivity index (χ4n) is 1.04. The number of rotatable bonds is 4. The highest BCUT2D eigenvalue weighted by atomic mass is 35.5. The van der Waals surface area contributed by atoms with Crippen LogP contribution in [0.5, 0.6) is 0 Å². The molecule has 0 saturated carbocycles. The van der Waals surface area contributed by atoms with Crippen LogP contribution in [-0.2, 0) is 4.79 Å². The Hall–Kier alpha value is -2.59. The minimum Gasteiger partial charge on any atom is -0.477 e. The van der Waals surface area contributed by atoms with Gasteiger partial charge < -0.3 is 10.4 Å². The summed E-state index contributed by atoms with van der Waals surface area (Å²) < 4.78 is 0.